The number of fused-ring (bicyclic) bond motifs is 2. The molecule has 3 N–H and O–H groups in total. The van der Waals surface area contributed by atoms with Gasteiger partial charge in [0.05, 0.1) is 17.3 Å². The van der Waals surface area contributed by atoms with E-state index >= 15 is 0 Å². The van der Waals surface area contributed by atoms with E-state index in [4.69, 9.17) is 20.4 Å². The van der Waals surface area contributed by atoms with Gasteiger partial charge >= 0.3 is 0 Å². The molecular formula is C27H29N5O2. The topological polar surface area (TPSA) is 95.1 Å². The van der Waals surface area contributed by atoms with Gasteiger partial charge < -0.3 is 15.8 Å². The maximum absolute atomic E-state index is 12.0. The summed E-state index contributed by atoms with van der Waals surface area (Å²) in [5.41, 5.74) is 11.2. The molecule has 0 fully saturated rings. The van der Waals surface area contributed by atoms with Crippen molar-refractivity contribution in [3.63, 3.8) is 0 Å². The monoisotopic (exact) mass is 455 g/mol. The van der Waals surface area contributed by atoms with Gasteiger partial charge in [-0.05, 0) is 56.9 Å². The molecule has 2 aromatic heterocycles. The number of aryl methyl sites for hydroxylation is 1. The molecule has 2 heterocycles. The molecule has 1 amide bonds. The second-order valence-corrected chi connectivity index (χ2v) is 8.64. The molecule has 0 radical (unpaired) electrons. The van der Waals surface area contributed by atoms with Crippen LogP contribution in [0.3, 0.4) is 0 Å². The van der Waals surface area contributed by atoms with Crippen LogP contribution in [0.4, 0.5) is 5.82 Å². The van der Waals surface area contributed by atoms with Gasteiger partial charge in [-0.2, -0.15) is 4.98 Å². The number of nitrogens with zero attached hydrogens (tertiary/aromatic N) is 3. The smallest absolute Gasteiger partial charge is 0.249 e. The molecule has 1 aliphatic rings. The zero-order valence-electron chi connectivity index (χ0n) is 19.5. The average molecular weight is 456 g/mol. The first-order chi connectivity index (χ1) is 16.6. The molecule has 1 aliphatic carbocycles. The minimum absolute atomic E-state index is 0.0592. The van der Waals surface area contributed by atoms with E-state index in [9.17, 15) is 4.79 Å². The van der Waals surface area contributed by atoms with Crippen LogP contribution in [0.5, 0.6) is 0 Å². The molecule has 0 spiro atoms. The van der Waals surface area contributed by atoms with Crippen molar-refractivity contribution in [2.45, 2.75) is 45.8 Å². The Morgan fingerprint density at radius 1 is 1.18 bits per heavy atom. The molecule has 174 valence electrons. The highest BCUT2D eigenvalue weighted by atomic mass is 16.5. The van der Waals surface area contributed by atoms with Gasteiger partial charge in [-0.25, -0.2) is 4.98 Å². The minimum atomic E-state index is -0.448. The molecule has 34 heavy (non-hydrogen) atoms. The van der Waals surface area contributed by atoms with Crippen LogP contribution >= 0.6 is 0 Å². The number of ether oxygens (including phenoxy) is 1. The van der Waals surface area contributed by atoms with Crippen LogP contribution in [-0.4, -0.2) is 27.0 Å². The minimum Gasteiger partial charge on any atom is -0.372 e. The number of nitrogens with two attached hydrogens (primary N) is 1. The Kier molecular flexibility index (Phi) is 6.02. The molecule has 0 unspecified atom stereocenters. The highest BCUT2D eigenvalue weighted by Gasteiger charge is 2.27. The summed E-state index contributed by atoms with van der Waals surface area (Å²) in [6, 6.07) is 17.8. The van der Waals surface area contributed by atoms with Gasteiger partial charge in [-0.1, -0.05) is 36.4 Å². The second kappa shape index (κ2) is 9.27. The molecular weight excluding hydrogens is 426 g/mol. The Labute approximate surface area is 199 Å². The summed E-state index contributed by atoms with van der Waals surface area (Å²) in [7, 11) is 0. The van der Waals surface area contributed by atoms with Crippen molar-refractivity contribution in [2.24, 2.45) is 5.73 Å². The summed E-state index contributed by atoms with van der Waals surface area (Å²) < 4.78 is 8.07. The average Bonchev–Trinajstić information content (AvgIpc) is 3.19. The summed E-state index contributed by atoms with van der Waals surface area (Å²) in [4.78, 5) is 22.0. The fraction of sp³-hybridized carbons (Fsp3) is 0.296. The number of carbonyl (C=O) groups is 1. The molecule has 0 saturated carbocycles. The van der Waals surface area contributed by atoms with Gasteiger partial charge in [0, 0.05) is 35.4 Å². The van der Waals surface area contributed by atoms with E-state index in [2.05, 4.69) is 17.4 Å². The van der Waals surface area contributed by atoms with Crippen molar-refractivity contribution in [3.05, 3.63) is 82.7 Å². The Bertz CT molecular complexity index is 1350. The number of amides is 1. The Balaban J connectivity index is 1.66. The standard InChI is InChI=1S/C27H29N5O2/c1-3-34-23-14-8-12-20-24(23)30-27(31-26(20)29-16-18-9-5-4-6-10-18)32-17(2)15-21-19(25(28)33)11-7-13-22(21)32/h4-7,9-11,13,15,23H,3,8,12,14,16H2,1-2H3,(H2,28,33)(H,29,30,31)/t23-/m0/s1. The number of anilines is 1. The SMILES string of the molecule is CCO[C@H]1CCCc2c(NCc3ccccc3)nc(-n3c(C)cc4c(C(N)=O)cccc43)nc21. The van der Waals surface area contributed by atoms with E-state index in [0.717, 1.165) is 52.9 Å². The molecule has 0 bridgehead atoms. The Morgan fingerprint density at radius 3 is 2.76 bits per heavy atom. The Hall–Kier alpha value is -3.71. The summed E-state index contributed by atoms with van der Waals surface area (Å²) in [6.07, 6.45) is 2.82. The first-order valence-electron chi connectivity index (χ1n) is 11.8. The van der Waals surface area contributed by atoms with E-state index in [-0.39, 0.29) is 6.10 Å². The van der Waals surface area contributed by atoms with Crippen molar-refractivity contribution < 1.29 is 9.53 Å². The van der Waals surface area contributed by atoms with Crippen LogP contribution in [0.2, 0.25) is 0 Å². The second-order valence-electron chi connectivity index (χ2n) is 8.64. The zero-order chi connectivity index (χ0) is 23.7. The quantitative estimate of drug-likeness (QED) is 0.415. The summed E-state index contributed by atoms with van der Waals surface area (Å²) in [5, 5.41) is 4.36. The van der Waals surface area contributed by atoms with Gasteiger partial charge in [0.25, 0.3) is 0 Å². The number of hydrogen-bond acceptors (Lipinski definition) is 5. The fourth-order valence-electron chi connectivity index (χ4n) is 4.84. The fourth-order valence-corrected chi connectivity index (χ4v) is 4.84. The van der Waals surface area contributed by atoms with E-state index < -0.39 is 5.91 Å². The van der Waals surface area contributed by atoms with Crippen LogP contribution in [0.1, 0.15) is 58.7 Å². The number of nitrogens with one attached hydrogen (secondary N) is 1. The molecule has 2 aromatic carbocycles. The lowest BCUT2D eigenvalue weighted by Gasteiger charge is -2.27. The van der Waals surface area contributed by atoms with Crippen molar-refractivity contribution in [1.29, 1.82) is 0 Å². The number of aromatic nitrogens is 3. The number of primary amides is 1. The van der Waals surface area contributed by atoms with Crippen molar-refractivity contribution in [2.75, 3.05) is 11.9 Å². The molecule has 0 aliphatic heterocycles. The summed E-state index contributed by atoms with van der Waals surface area (Å²) >= 11 is 0. The molecule has 0 saturated heterocycles. The molecule has 7 nitrogen and oxygen atoms in total. The first-order valence-corrected chi connectivity index (χ1v) is 11.8. The summed E-state index contributed by atoms with van der Waals surface area (Å²) in [5.74, 6) is 0.950. The van der Waals surface area contributed by atoms with Gasteiger partial charge in [0.15, 0.2) is 0 Å². The summed E-state index contributed by atoms with van der Waals surface area (Å²) in [6.45, 7) is 5.30. The largest absolute Gasteiger partial charge is 0.372 e. The molecule has 4 aromatic rings. The van der Waals surface area contributed by atoms with Gasteiger partial charge in [-0.3, -0.25) is 9.36 Å². The van der Waals surface area contributed by atoms with Crippen molar-refractivity contribution >= 4 is 22.6 Å². The van der Waals surface area contributed by atoms with Crippen molar-refractivity contribution in [3.8, 4) is 5.95 Å². The number of carbonyl (C=O) groups excluding carboxylic acids is 1. The number of hydrogen-bond donors (Lipinski definition) is 2. The van der Waals surface area contributed by atoms with Gasteiger partial charge in [-0.15, -0.1) is 0 Å². The lowest BCUT2D eigenvalue weighted by Crippen LogP contribution is -2.20. The van der Waals surface area contributed by atoms with E-state index in [1.54, 1.807) is 6.07 Å². The van der Waals surface area contributed by atoms with E-state index in [1.807, 2.05) is 54.8 Å². The maximum Gasteiger partial charge on any atom is 0.249 e. The number of rotatable bonds is 7. The highest BCUT2D eigenvalue weighted by molar-refractivity contribution is 6.06. The third kappa shape index (κ3) is 4.03. The molecule has 7 heteroatoms. The lowest BCUT2D eigenvalue weighted by atomic mass is 9.93. The maximum atomic E-state index is 12.0. The van der Waals surface area contributed by atoms with Gasteiger partial charge in [0.1, 0.15) is 5.82 Å². The predicted octanol–water partition coefficient (Wildman–Crippen LogP) is 4.85. The molecule has 1 atom stereocenters. The highest BCUT2D eigenvalue weighted by Crippen LogP contribution is 2.36. The lowest BCUT2D eigenvalue weighted by molar-refractivity contribution is 0.0467. The third-order valence-electron chi connectivity index (χ3n) is 6.39. The number of benzene rings is 2. The van der Waals surface area contributed by atoms with E-state index in [0.29, 0.717) is 24.7 Å². The Morgan fingerprint density at radius 2 is 2.00 bits per heavy atom. The van der Waals surface area contributed by atoms with Crippen molar-refractivity contribution in [1.82, 2.24) is 14.5 Å². The van der Waals surface area contributed by atoms with Crippen LogP contribution < -0.4 is 11.1 Å². The normalized spacial score (nSPS) is 15.3. The van der Waals surface area contributed by atoms with Crippen LogP contribution in [0, 0.1) is 6.92 Å². The van der Waals surface area contributed by atoms with E-state index in [1.165, 1.54) is 5.56 Å². The molecule has 5 rings (SSSR count). The van der Waals surface area contributed by atoms with Crippen LogP contribution in [0.25, 0.3) is 16.9 Å². The van der Waals surface area contributed by atoms with Gasteiger partial charge in [0.2, 0.25) is 11.9 Å². The van der Waals surface area contributed by atoms with Crippen LogP contribution in [-0.2, 0) is 17.7 Å². The third-order valence-corrected chi connectivity index (χ3v) is 6.39. The first kappa shape index (κ1) is 22.1. The van der Waals surface area contributed by atoms with Crippen LogP contribution in [0.15, 0.2) is 54.6 Å². The predicted molar refractivity (Wildman–Crippen MR) is 133 cm³/mol. The zero-order valence-corrected chi connectivity index (χ0v) is 19.5.